The molecule has 1 N–H and O–H groups in total. The van der Waals surface area contributed by atoms with E-state index < -0.39 is 11.0 Å². The summed E-state index contributed by atoms with van der Waals surface area (Å²) in [5.74, 6) is 0. The Kier molecular flexibility index (Phi) is 3.94. The summed E-state index contributed by atoms with van der Waals surface area (Å²) in [6, 6.07) is 17.4. The number of hydrogen-bond donors (Lipinski definition) is 1. The minimum Gasteiger partial charge on any atom is -0.301 e. The van der Waals surface area contributed by atoms with Crippen molar-refractivity contribution in [2.24, 2.45) is 0 Å². The van der Waals surface area contributed by atoms with Crippen LogP contribution >= 0.6 is 0 Å². The molecule has 3 heteroatoms. The number of hydrogen-bond acceptors (Lipinski definition) is 1. The number of aryl methyl sites for hydroxylation is 1. The van der Waals surface area contributed by atoms with E-state index >= 15 is 0 Å². The molecule has 0 radical (unpaired) electrons. The van der Waals surface area contributed by atoms with Crippen molar-refractivity contribution in [3.63, 3.8) is 0 Å². The molecule has 2 rings (SSSR count). The summed E-state index contributed by atoms with van der Waals surface area (Å²) in [6.07, 6.45) is 0.999. The average molecular weight is 245 g/mol. The van der Waals surface area contributed by atoms with Crippen LogP contribution in [0.25, 0.3) is 0 Å². The summed E-state index contributed by atoms with van der Waals surface area (Å²) >= 11 is 0. The van der Waals surface area contributed by atoms with E-state index in [0.29, 0.717) is 0 Å². The molecule has 2 aromatic rings. The molecule has 88 valence electrons. The van der Waals surface area contributed by atoms with Crippen LogP contribution in [0.5, 0.6) is 0 Å². The fraction of sp³-hybridized carbons (Fsp3) is 0.143. The van der Waals surface area contributed by atoms with Crippen molar-refractivity contribution in [3.05, 3.63) is 60.2 Å². The summed E-state index contributed by atoms with van der Waals surface area (Å²) in [5.41, 5.74) is 2.12. The molecule has 0 aliphatic heterocycles. The SMILES string of the molecule is CCc1ccc(S(=O)Nc2ccccc2)cc1. The van der Waals surface area contributed by atoms with Gasteiger partial charge in [0.25, 0.3) is 0 Å². The van der Waals surface area contributed by atoms with Crippen LogP contribution in [-0.4, -0.2) is 4.21 Å². The monoisotopic (exact) mass is 245 g/mol. The molecule has 2 aromatic carbocycles. The normalized spacial score (nSPS) is 12.1. The highest BCUT2D eigenvalue weighted by molar-refractivity contribution is 7.86. The molecule has 0 heterocycles. The van der Waals surface area contributed by atoms with E-state index in [1.54, 1.807) is 0 Å². The van der Waals surface area contributed by atoms with Gasteiger partial charge in [-0.2, -0.15) is 0 Å². The third kappa shape index (κ3) is 3.17. The van der Waals surface area contributed by atoms with Gasteiger partial charge in [0.1, 0.15) is 11.0 Å². The quantitative estimate of drug-likeness (QED) is 0.879. The standard InChI is InChI=1S/C14H15NOS/c1-2-12-8-10-14(11-9-12)17(16)15-13-6-4-3-5-7-13/h3-11,15H,2H2,1H3. The van der Waals surface area contributed by atoms with Crippen LogP contribution in [0.1, 0.15) is 12.5 Å². The number of para-hydroxylation sites is 1. The van der Waals surface area contributed by atoms with E-state index in [1.807, 2.05) is 54.6 Å². The summed E-state index contributed by atoms with van der Waals surface area (Å²) in [6.45, 7) is 2.11. The minimum absolute atomic E-state index is 0.797. The molecule has 17 heavy (non-hydrogen) atoms. The van der Waals surface area contributed by atoms with E-state index in [1.165, 1.54) is 5.56 Å². The van der Waals surface area contributed by atoms with E-state index in [-0.39, 0.29) is 0 Å². The van der Waals surface area contributed by atoms with Gasteiger partial charge in [-0.1, -0.05) is 37.3 Å². The first-order valence-corrected chi connectivity index (χ1v) is 6.77. The molecule has 0 aliphatic carbocycles. The van der Waals surface area contributed by atoms with Crippen LogP contribution in [0.4, 0.5) is 5.69 Å². The van der Waals surface area contributed by atoms with Crippen LogP contribution in [0.3, 0.4) is 0 Å². The molecule has 1 atom stereocenters. The largest absolute Gasteiger partial charge is 0.301 e. The summed E-state index contributed by atoms with van der Waals surface area (Å²) in [7, 11) is -1.19. The highest BCUT2D eigenvalue weighted by Gasteiger charge is 2.03. The van der Waals surface area contributed by atoms with Crippen LogP contribution in [-0.2, 0) is 17.4 Å². The highest BCUT2D eigenvalue weighted by Crippen LogP contribution is 2.13. The average Bonchev–Trinajstić information content (AvgIpc) is 2.40. The van der Waals surface area contributed by atoms with Crippen molar-refractivity contribution < 1.29 is 4.21 Å². The molecular formula is C14H15NOS. The molecule has 0 saturated heterocycles. The molecule has 1 unspecified atom stereocenters. The van der Waals surface area contributed by atoms with Gasteiger partial charge in [0.2, 0.25) is 0 Å². The maximum absolute atomic E-state index is 12.0. The predicted molar refractivity (Wildman–Crippen MR) is 72.3 cm³/mol. The van der Waals surface area contributed by atoms with Crippen molar-refractivity contribution in [3.8, 4) is 0 Å². The van der Waals surface area contributed by atoms with Crippen molar-refractivity contribution in [1.29, 1.82) is 0 Å². The summed E-state index contributed by atoms with van der Waals surface area (Å²) < 4.78 is 15.0. The second-order valence-corrected chi connectivity index (χ2v) is 4.95. The summed E-state index contributed by atoms with van der Waals surface area (Å²) in [5, 5.41) is 0. The zero-order valence-corrected chi connectivity index (χ0v) is 10.5. The molecule has 0 bridgehead atoms. The Morgan fingerprint density at radius 1 is 1.00 bits per heavy atom. The maximum Gasteiger partial charge on any atom is 0.150 e. The first-order chi connectivity index (χ1) is 8.29. The minimum atomic E-state index is -1.19. The smallest absolute Gasteiger partial charge is 0.150 e. The molecule has 0 spiro atoms. The molecule has 0 fully saturated rings. The van der Waals surface area contributed by atoms with E-state index in [0.717, 1.165) is 17.0 Å². The van der Waals surface area contributed by atoms with Gasteiger partial charge >= 0.3 is 0 Å². The number of anilines is 1. The first kappa shape index (κ1) is 11.9. The summed E-state index contributed by atoms with van der Waals surface area (Å²) in [4.78, 5) is 0.797. The van der Waals surface area contributed by atoms with Crippen LogP contribution in [0, 0.1) is 0 Å². The van der Waals surface area contributed by atoms with E-state index in [4.69, 9.17) is 0 Å². The molecule has 0 aliphatic rings. The van der Waals surface area contributed by atoms with Crippen LogP contribution in [0.2, 0.25) is 0 Å². The lowest BCUT2D eigenvalue weighted by molar-refractivity contribution is 0.686. The first-order valence-electron chi connectivity index (χ1n) is 5.62. The lowest BCUT2D eigenvalue weighted by Crippen LogP contribution is -2.04. The van der Waals surface area contributed by atoms with Gasteiger partial charge in [0.05, 0.1) is 4.90 Å². The molecule has 0 aromatic heterocycles. The number of nitrogens with one attached hydrogen (secondary N) is 1. The second-order valence-electron chi connectivity index (χ2n) is 3.73. The van der Waals surface area contributed by atoms with Gasteiger partial charge < -0.3 is 4.72 Å². The number of rotatable bonds is 4. The lowest BCUT2D eigenvalue weighted by atomic mass is 10.2. The predicted octanol–water partition coefficient (Wildman–Crippen LogP) is 3.38. The Balaban J connectivity index is 2.09. The third-order valence-electron chi connectivity index (χ3n) is 2.53. The fourth-order valence-corrected chi connectivity index (χ4v) is 2.37. The molecular weight excluding hydrogens is 230 g/mol. The van der Waals surface area contributed by atoms with Gasteiger partial charge in [0, 0.05) is 5.69 Å². The van der Waals surface area contributed by atoms with E-state index in [2.05, 4.69) is 11.6 Å². The van der Waals surface area contributed by atoms with Crippen molar-refractivity contribution >= 4 is 16.7 Å². The topological polar surface area (TPSA) is 29.1 Å². The Hall–Kier alpha value is -1.61. The van der Waals surface area contributed by atoms with E-state index in [9.17, 15) is 4.21 Å². The fourth-order valence-electron chi connectivity index (χ4n) is 1.52. The van der Waals surface area contributed by atoms with Crippen molar-refractivity contribution in [1.82, 2.24) is 0 Å². The number of benzene rings is 2. The van der Waals surface area contributed by atoms with Crippen molar-refractivity contribution in [2.75, 3.05) is 4.72 Å². The van der Waals surface area contributed by atoms with Gasteiger partial charge in [-0.15, -0.1) is 0 Å². The lowest BCUT2D eigenvalue weighted by Gasteiger charge is -2.06. The Bertz CT molecular complexity index is 493. The van der Waals surface area contributed by atoms with Gasteiger partial charge in [0.15, 0.2) is 0 Å². The van der Waals surface area contributed by atoms with Crippen molar-refractivity contribution in [2.45, 2.75) is 18.2 Å². The van der Waals surface area contributed by atoms with Crippen LogP contribution in [0.15, 0.2) is 59.5 Å². The second kappa shape index (κ2) is 5.64. The zero-order valence-electron chi connectivity index (χ0n) is 9.72. The molecule has 2 nitrogen and oxygen atoms in total. The Morgan fingerprint density at radius 3 is 2.24 bits per heavy atom. The third-order valence-corrected chi connectivity index (χ3v) is 3.65. The molecule has 0 saturated carbocycles. The van der Waals surface area contributed by atoms with Crippen LogP contribution < -0.4 is 4.72 Å². The van der Waals surface area contributed by atoms with Gasteiger partial charge in [-0.3, -0.25) is 0 Å². The Labute approximate surface area is 104 Å². The maximum atomic E-state index is 12.0. The van der Waals surface area contributed by atoms with Gasteiger partial charge in [-0.25, -0.2) is 4.21 Å². The molecule has 0 amide bonds. The Morgan fingerprint density at radius 2 is 1.65 bits per heavy atom. The highest BCUT2D eigenvalue weighted by atomic mass is 32.2. The van der Waals surface area contributed by atoms with Gasteiger partial charge in [-0.05, 0) is 36.2 Å². The zero-order chi connectivity index (χ0) is 12.1.